The van der Waals surface area contributed by atoms with E-state index in [1.807, 2.05) is 6.92 Å². The van der Waals surface area contributed by atoms with Gasteiger partial charge in [-0.25, -0.2) is 0 Å². The van der Waals surface area contributed by atoms with Crippen molar-refractivity contribution in [3.8, 4) is 0 Å². The molecule has 0 heterocycles. The molecule has 0 bridgehead atoms. The highest BCUT2D eigenvalue weighted by Crippen LogP contribution is 2.21. The van der Waals surface area contributed by atoms with E-state index in [1.165, 1.54) is 12.8 Å². The largest absolute Gasteiger partial charge is 0.463 e. The topological polar surface area (TPSA) is 52.6 Å². The van der Waals surface area contributed by atoms with Crippen molar-refractivity contribution in [2.24, 2.45) is 0 Å². The molecule has 0 spiro atoms. The van der Waals surface area contributed by atoms with Gasteiger partial charge in [-0.15, -0.1) is 0 Å². The zero-order valence-corrected chi connectivity index (χ0v) is 13.6. The summed E-state index contributed by atoms with van der Waals surface area (Å²) in [6.07, 6.45) is 9.88. The van der Waals surface area contributed by atoms with E-state index >= 15 is 0 Å². The van der Waals surface area contributed by atoms with Gasteiger partial charge in [0.05, 0.1) is 6.10 Å². The SMILES string of the molecule is CCCCCC(C)OC(=O)CCCC(=O)OC1CCCC1. The third-order valence-electron chi connectivity index (χ3n) is 3.91. The summed E-state index contributed by atoms with van der Waals surface area (Å²) in [6.45, 7) is 4.09. The fourth-order valence-corrected chi connectivity index (χ4v) is 2.65. The molecule has 1 fully saturated rings. The zero-order valence-electron chi connectivity index (χ0n) is 13.6. The van der Waals surface area contributed by atoms with E-state index in [0.29, 0.717) is 19.3 Å². The Bertz CT molecular complexity index is 308. The van der Waals surface area contributed by atoms with Gasteiger partial charge in [0.25, 0.3) is 0 Å². The Hall–Kier alpha value is -1.06. The number of carbonyl (C=O) groups excluding carboxylic acids is 2. The quantitative estimate of drug-likeness (QED) is 0.449. The highest BCUT2D eigenvalue weighted by atomic mass is 16.5. The van der Waals surface area contributed by atoms with Crippen LogP contribution in [0.3, 0.4) is 0 Å². The molecule has 4 nitrogen and oxygen atoms in total. The van der Waals surface area contributed by atoms with Crippen molar-refractivity contribution in [2.45, 2.75) is 96.7 Å². The molecule has 0 N–H and O–H groups in total. The van der Waals surface area contributed by atoms with E-state index in [0.717, 1.165) is 38.5 Å². The monoisotopic (exact) mass is 298 g/mol. The summed E-state index contributed by atoms with van der Waals surface area (Å²) in [6, 6.07) is 0. The van der Waals surface area contributed by atoms with Crippen LogP contribution in [-0.2, 0) is 19.1 Å². The molecule has 0 aliphatic heterocycles. The average molecular weight is 298 g/mol. The van der Waals surface area contributed by atoms with Gasteiger partial charge >= 0.3 is 11.9 Å². The Balaban J connectivity index is 2.02. The summed E-state index contributed by atoms with van der Waals surface area (Å²) < 4.78 is 10.7. The molecule has 1 aliphatic rings. The Labute approximate surface area is 128 Å². The van der Waals surface area contributed by atoms with Crippen LogP contribution in [0, 0.1) is 0 Å². The minimum atomic E-state index is -0.201. The summed E-state index contributed by atoms with van der Waals surface area (Å²) >= 11 is 0. The van der Waals surface area contributed by atoms with E-state index in [4.69, 9.17) is 9.47 Å². The molecule has 4 heteroatoms. The predicted molar refractivity (Wildman–Crippen MR) is 81.9 cm³/mol. The molecule has 0 aromatic heterocycles. The lowest BCUT2D eigenvalue weighted by Gasteiger charge is -2.13. The van der Waals surface area contributed by atoms with E-state index in [9.17, 15) is 9.59 Å². The fraction of sp³-hybridized carbons (Fsp3) is 0.882. The second-order valence-electron chi connectivity index (χ2n) is 6.05. The molecule has 0 aromatic rings. The second kappa shape index (κ2) is 10.6. The van der Waals surface area contributed by atoms with Crippen LogP contribution in [0.15, 0.2) is 0 Å². The maximum absolute atomic E-state index is 11.6. The van der Waals surface area contributed by atoms with Crippen LogP contribution < -0.4 is 0 Å². The van der Waals surface area contributed by atoms with Gasteiger partial charge in [0.15, 0.2) is 0 Å². The molecular weight excluding hydrogens is 268 g/mol. The lowest BCUT2D eigenvalue weighted by Crippen LogP contribution is -2.17. The summed E-state index contributed by atoms with van der Waals surface area (Å²) in [5, 5.41) is 0. The lowest BCUT2D eigenvalue weighted by atomic mass is 10.1. The van der Waals surface area contributed by atoms with Crippen molar-refractivity contribution in [3.63, 3.8) is 0 Å². The van der Waals surface area contributed by atoms with Crippen molar-refractivity contribution in [3.05, 3.63) is 0 Å². The van der Waals surface area contributed by atoms with E-state index in [2.05, 4.69) is 6.92 Å². The molecule has 0 aromatic carbocycles. The zero-order chi connectivity index (χ0) is 15.5. The van der Waals surface area contributed by atoms with Gasteiger partial charge in [-0.3, -0.25) is 9.59 Å². The number of rotatable bonds is 10. The first-order chi connectivity index (χ1) is 10.1. The normalized spacial score (nSPS) is 16.7. The third-order valence-corrected chi connectivity index (χ3v) is 3.91. The fourth-order valence-electron chi connectivity index (χ4n) is 2.65. The number of hydrogen-bond donors (Lipinski definition) is 0. The van der Waals surface area contributed by atoms with Crippen molar-refractivity contribution >= 4 is 11.9 Å². The third kappa shape index (κ3) is 8.74. The summed E-state index contributed by atoms with van der Waals surface area (Å²) in [4.78, 5) is 23.2. The second-order valence-corrected chi connectivity index (χ2v) is 6.05. The number of ether oxygens (including phenoxy) is 2. The van der Waals surface area contributed by atoms with Crippen LogP contribution in [0.25, 0.3) is 0 Å². The molecule has 0 saturated heterocycles. The van der Waals surface area contributed by atoms with Gasteiger partial charge in [0, 0.05) is 12.8 Å². The van der Waals surface area contributed by atoms with Crippen LogP contribution >= 0.6 is 0 Å². The Morgan fingerprint density at radius 1 is 1.05 bits per heavy atom. The maximum Gasteiger partial charge on any atom is 0.306 e. The van der Waals surface area contributed by atoms with Crippen LogP contribution in [0.2, 0.25) is 0 Å². The summed E-state index contributed by atoms with van der Waals surface area (Å²) in [5.41, 5.74) is 0. The van der Waals surface area contributed by atoms with Crippen molar-refractivity contribution in [1.82, 2.24) is 0 Å². The van der Waals surface area contributed by atoms with Gasteiger partial charge < -0.3 is 9.47 Å². The molecule has 1 atom stereocenters. The van der Waals surface area contributed by atoms with Gasteiger partial charge in [-0.1, -0.05) is 19.8 Å². The molecule has 1 saturated carbocycles. The number of hydrogen-bond acceptors (Lipinski definition) is 4. The van der Waals surface area contributed by atoms with Crippen LogP contribution in [-0.4, -0.2) is 24.1 Å². The first-order valence-electron chi connectivity index (χ1n) is 8.50. The van der Waals surface area contributed by atoms with E-state index in [1.54, 1.807) is 0 Å². The van der Waals surface area contributed by atoms with Crippen LogP contribution in [0.5, 0.6) is 0 Å². The van der Waals surface area contributed by atoms with Crippen molar-refractivity contribution < 1.29 is 19.1 Å². The first kappa shape index (κ1) is 18.0. The molecule has 122 valence electrons. The van der Waals surface area contributed by atoms with Gasteiger partial charge in [0.1, 0.15) is 6.10 Å². The van der Waals surface area contributed by atoms with E-state index in [-0.39, 0.29) is 24.1 Å². The smallest absolute Gasteiger partial charge is 0.306 e. The summed E-state index contributed by atoms with van der Waals surface area (Å²) in [7, 11) is 0. The van der Waals surface area contributed by atoms with Crippen molar-refractivity contribution in [2.75, 3.05) is 0 Å². The Morgan fingerprint density at radius 3 is 2.38 bits per heavy atom. The lowest BCUT2D eigenvalue weighted by molar-refractivity contribution is -0.150. The summed E-state index contributed by atoms with van der Waals surface area (Å²) in [5.74, 6) is -0.377. The molecule has 1 aliphatic carbocycles. The minimum absolute atomic E-state index is 0.0190. The Kier molecular flexibility index (Phi) is 9.11. The highest BCUT2D eigenvalue weighted by molar-refractivity contribution is 5.72. The minimum Gasteiger partial charge on any atom is -0.463 e. The molecular formula is C17H30O4. The molecule has 1 rings (SSSR count). The molecule has 0 radical (unpaired) electrons. The van der Waals surface area contributed by atoms with Gasteiger partial charge in [0.2, 0.25) is 0 Å². The average Bonchev–Trinajstić information content (AvgIpc) is 2.91. The molecule has 0 amide bonds. The van der Waals surface area contributed by atoms with Crippen LogP contribution in [0.4, 0.5) is 0 Å². The number of unbranched alkanes of at least 4 members (excludes halogenated alkanes) is 2. The first-order valence-corrected chi connectivity index (χ1v) is 8.50. The highest BCUT2D eigenvalue weighted by Gasteiger charge is 2.19. The van der Waals surface area contributed by atoms with E-state index < -0.39 is 0 Å². The number of esters is 2. The Morgan fingerprint density at radius 2 is 1.71 bits per heavy atom. The van der Waals surface area contributed by atoms with Crippen LogP contribution in [0.1, 0.15) is 84.5 Å². The standard InChI is InChI=1S/C17H30O4/c1-3-4-5-9-14(2)20-16(18)12-8-13-17(19)21-15-10-6-7-11-15/h14-15H,3-13H2,1-2H3. The molecule has 21 heavy (non-hydrogen) atoms. The van der Waals surface area contributed by atoms with Gasteiger partial charge in [-0.2, -0.15) is 0 Å². The van der Waals surface area contributed by atoms with Crippen molar-refractivity contribution in [1.29, 1.82) is 0 Å². The maximum atomic E-state index is 11.6. The van der Waals surface area contributed by atoms with Gasteiger partial charge in [-0.05, 0) is 51.9 Å². The number of carbonyl (C=O) groups is 2. The molecule has 1 unspecified atom stereocenters. The predicted octanol–water partition coefficient (Wildman–Crippen LogP) is 4.15.